The summed E-state index contributed by atoms with van der Waals surface area (Å²) in [5.41, 5.74) is 1.92. The summed E-state index contributed by atoms with van der Waals surface area (Å²) >= 11 is 0. The van der Waals surface area contributed by atoms with E-state index in [1.807, 2.05) is 56.3 Å². The van der Waals surface area contributed by atoms with Crippen LogP contribution < -0.4 is 20.9 Å². The Labute approximate surface area is 192 Å². The second-order valence-corrected chi connectivity index (χ2v) is 7.99. The molecule has 9 heteroatoms. The normalized spacial score (nSPS) is 15.4. The van der Waals surface area contributed by atoms with Crippen molar-refractivity contribution in [2.45, 2.75) is 20.3 Å². The standard InChI is InChI=1S/C24H27N7O2/c1-16-8-9-25-20(12-16)30-22-14-21(28-17(2)29-22)26-10-11-27-24(33)18-13-23(32)31(15-18)19-6-4-3-5-7-19/h3-9,12,14,18H,10-11,13,15H2,1-2H3,(H,27,33)(H2,25,26,28,29,30). The third-order valence-electron chi connectivity index (χ3n) is 5.30. The lowest BCUT2D eigenvalue weighted by atomic mass is 10.1. The average molecular weight is 446 g/mol. The predicted octanol–water partition coefficient (Wildman–Crippen LogP) is 2.81. The molecule has 3 N–H and O–H groups in total. The van der Waals surface area contributed by atoms with E-state index in [0.717, 1.165) is 11.3 Å². The van der Waals surface area contributed by atoms with Crippen LogP contribution in [0.4, 0.5) is 23.1 Å². The van der Waals surface area contributed by atoms with Gasteiger partial charge >= 0.3 is 0 Å². The van der Waals surface area contributed by atoms with Gasteiger partial charge in [-0.25, -0.2) is 15.0 Å². The van der Waals surface area contributed by atoms with E-state index in [-0.39, 0.29) is 24.2 Å². The minimum absolute atomic E-state index is 0.0286. The number of amides is 2. The molecule has 1 fully saturated rings. The zero-order valence-corrected chi connectivity index (χ0v) is 18.7. The van der Waals surface area contributed by atoms with Crippen molar-refractivity contribution < 1.29 is 9.59 Å². The van der Waals surface area contributed by atoms with Crippen molar-refractivity contribution in [3.05, 3.63) is 66.1 Å². The number of rotatable bonds is 8. The highest BCUT2D eigenvalue weighted by Crippen LogP contribution is 2.24. The quantitative estimate of drug-likeness (QED) is 0.457. The summed E-state index contributed by atoms with van der Waals surface area (Å²) in [5, 5.41) is 9.31. The smallest absolute Gasteiger partial charge is 0.227 e. The van der Waals surface area contributed by atoms with Crippen LogP contribution in [0.5, 0.6) is 0 Å². The van der Waals surface area contributed by atoms with Crippen LogP contribution >= 0.6 is 0 Å². The molecule has 1 unspecified atom stereocenters. The van der Waals surface area contributed by atoms with Crippen LogP contribution in [-0.2, 0) is 9.59 Å². The molecule has 3 heterocycles. The van der Waals surface area contributed by atoms with Crippen molar-refractivity contribution in [2.75, 3.05) is 35.2 Å². The maximum atomic E-state index is 12.6. The summed E-state index contributed by atoms with van der Waals surface area (Å²) in [6, 6.07) is 15.1. The van der Waals surface area contributed by atoms with Gasteiger partial charge in [-0.05, 0) is 43.7 Å². The molecular formula is C24H27N7O2. The highest BCUT2D eigenvalue weighted by molar-refractivity contribution is 6.00. The highest BCUT2D eigenvalue weighted by atomic mass is 16.2. The van der Waals surface area contributed by atoms with Crippen molar-refractivity contribution in [3.63, 3.8) is 0 Å². The molecule has 1 aliphatic heterocycles. The summed E-state index contributed by atoms with van der Waals surface area (Å²) in [6.07, 6.45) is 1.96. The van der Waals surface area contributed by atoms with E-state index in [4.69, 9.17) is 0 Å². The number of anilines is 4. The Balaban J connectivity index is 1.26. The molecule has 170 valence electrons. The lowest BCUT2D eigenvalue weighted by molar-refractivity contribution is -0.126. The minimum Gasteiger partial charge on any atom is -0.368 e. The van der Waals surface area contributed by atoms with Gasteiger partial charge in [-0.3, -0.25) is 9.59 Å². The summed E-state index contributed by atoms with van der Waals surface area (Å²) < 4.78 is 0. The topological polar surface area (TPSA) is 112 Å². The van der Waals surface area contributed by atoms with E-state index in [1.54, 1.807) is 17.2 Å². The van der Waals surface area contributed by atoms with E-state index in [1.165, 1.54) is 0 Å². The average Bonchev–Trinajstić information content (AvgIpc) is 3.18. The number of hydrogen-bond acceptors (Lipinski definition) is 7. The molecule has 3 aromatic rings. The van der Waals surface area contributed by atoms with Gasteiger partial charge in [-0.1, -0.05) is 18.2 Å². The number of para-hydroxylation sites is 1. The van der Waals surface area contributed by atoms with Crippen molar-refractivity contribution in [3.8, 4) is 0 Å². The molecule has 0 radical (unpaired) electrons. The molecule has 1 aliphatic rings. The first-order valence-corrected chi connectivity index (χ1v) is 10.9. The Hall–Kier alpha value is -4.01. The van der Waals surface area contributed by atoms with Gasteiger partial charge in [0, 0.05) is 44.0 Å². The first kappa shape index (κ1) is 22.2. The van der Waals surface area contributed by atoms with Crippen LogP contribution in [0.1, 0.15) is 17.8 Å². The lowest BCUT2D eigenvalue weighted by Crippen LogP contribution is -2.35. The first-order chi connectivity index (χ1) is 16.0. The van der Waals surface area contributed by atoms with Gasteiger partial charge in [0.15, 0.2) is 0 Å². The van der Waals surface area contributed by atoms with Crippen LogP contribution in [0.2, 0.25) is 0 Å². The molecule has 0 saturated carbocycles. The molecule has 1 saturated heterocycles. The first-order valence-electron chi connectivity index (χ1n) is 10.9. The van der Waals surface area contributed by atoms with Gasteiger partial charge in [0.25, 0.3) is 0 Å². The maximum Gasteiger partial charge on any atom is 0.227 e. The molecular weight excluding hydrogens is 418 g/mol. The largest absolute Gasteiger partial charge is 0.368 e. The number of pyridine rings is 1. The van der Waals surface area contributed by atoms with Crippen molar-refractivity contribution >= 4 is 35.0 Å². The zero-order chi connectivity index (χ0) is 23.2. The van der Waals surface area contributed by atoms with Gasteiger partial charge in [-0.15, -0.1) is 0 Å². The van der Waals surface area contributed by atoms with Crippen molar-refractivity contribution in [1.82, 2.24) is 20.3 Å². The Morgan fingerprint density at radius 3 is 2.61 bits per heavy atom. The Kier molecular flexibility index (Phi) is 6.77. The highest BCUT2D eigenvalue weighted by Gasteiger charge is 2.34. The summed E-state index contributed by atoms with van der Waals surface area (Å²) in [7, 11) is 0. The van der Waals surface area contributed by atoms with E-state index in [0.29, 0.717) is 42.9 Å². The van der Waals surface area contributed by atoms with Gasteiger partial charge in [0.1, 0.15) is 23.3 Å². The summed E-state index contributed by atoms with van der Waals surface area (Å²) in [5.74, 6) is 2.12. The molecule has 0 bridgehead atoms. The third kappa shape index (κ3) is 5.82. The Morgan fingerprint density at radius 2 is 1.82 bits per heavy atom. The van der Waals surface area contributed by atoms with E-state index in [2.05, 4.69) is 30.9 Å². The second-order valence-electron chi connectivity index (χ2n) is 7.99. The van der Waals surface area contributed by atoms with Gasteiger partial charge in [0.05, 0.1) is 5.92 Å². The SMILES string of the molecule is Cc1ccnc(Nc2cc(NCCNC(=O)C3CC(=O)N(c4ccccc4)C3)nc(C)n2)c1. The molecule has 33 heavy (non-hydrogen) atoms. The van der Waals surface area contributed by atoms with Crippen LogP contribution in [0.3, 0.4) is 0 Å². The monoisotopic (exact) mass is 445 g/mol. The van der Waals surface area contributed by atoms with Crippen LogP contribution in [0, 0.1) is 19.8 Å². The number of hydrogen-bond donors (Lipinski definition) is 3. The predicted molar refractivity (Wildman–Crippen MR) is 127 cm³/mol. The van der Waals surface area contributed by atoms with E-state index >= 15 is 0 Å². The summed E-state index contributed by atoms with van der Waals surface area (Å²) in [4.78, 5) is 39.6. The molecule has 0 spiro atoms. The number of nitrogens with zero attached hydrogens (tertiary/aromatic N) is 4. The number of aryl methyl sites for hydroxylation is 2. The summed E-state index contributed by atoms with van der Waals surface area (Å²) in [6.45, 7) is 5.13. The lowest BCUT2D eigenvalue weighted by Gasteiger charge is -2.16. The van der Waals surface area contributed by atoms with Crippen LogP contribution in [0.15, 0.2) is 54.7 Å². The number of nitrogens with one attached hydrogen (secondary N) is 3. The molecule has 2 amide bonds. The van der Waals surface area contributed by atoms with Gasteiger partial charge in [0.2, 0.25) is 11.8 Å². The molecule has 9 nitrogen and oxygen atoms in total. The fourth-order valence-corrected chi connectivity index (χ4v) is 3.72. The van der Waals surface area contributed by atoms with E-state index < -0.39 is 0 Å². The maximum absolute atomic E-state index is 12.6. The Morgan fingerprint density at radius 1 is 1.03 bits per heavy atom. The van der Waals surface area contributed by atoms with Crippen LogP contribution in [0.25, 0.3) is 0 Å². The number of carbonyl (C=O) groups is 2. The second kappa shape index (κ2) is 10.1. The van der Waals surface area contributed by atoms with E-state index in [9.17, 15) is 9.59 Å². The van der Waals surface area contributed by atoms with Gasteiger partial charge < -0.3 is 20.9 Å². The van der Waals surface area contributed by atoms with Crippen LogP contribution in [-0.4, -0.2) is 46.4 Å². The number of carbonyl (C=O) groups excluding carboxylic acids is 2. The molecule has 0 aliphatic carbocycles. The Bertz CT molecular complexity index is 1140. The molecule has 1 atom stereocenters. The van der Waals surface area contributed by atoms with Crippen molar-refractivity contribution in [1.29, 1.82) is 0 Å². The zero-order valence-electron chi connectivity index (χ0n) is 18.7. The minimum atomic E-state index is -0.350. The third-order valence-corrected chi connectivity index (χ3v) is 5.30. The van der Waals surface area contributed by atoms with Gasteiger partial charge in [-0.2, -0.15) is 0 Å². The fourth-order valence-electron chi connectivity index (χ4n) is 3.72. The molecule has 4 rings (SSSR count). The molecule has 1 aromatic carbocycles. The number of aromatic nitrogens is 3. The molecule has 2 aromatic heterocycles. The number of benzene rings is 1. The van der Waals surface area contributed by atoms with Crippen molar-refractivity contribution in [2.24, 2.45) is 5.92 Å². The fraction of sp³-hybridized carbons (Fsp3) is 0.292.